The fourth-order valence-corrected chi connectivity index (χ4v) is 2.60. The number of hydrogen-bond donors (Lipinski definition) is 2. The van der Waals surface area contributed by atoms with Gasteiger partial charge in [-0.25, -0.2) is 9.78 Å². The maximum Gasteiger partial charge on any atom is 0.349 e. The SMILES string of the molecule is O=c1cnn(-c2cc(Cl)c(Nc3ccc(Cl)cn3)c(Cl)c2)c(=O)[nH]1. The summed E-state index contributed by atoms with van der Waals surface area (Å²) in [6.07, 6.45) is 2.46. The quantitative estimate of drug-likeness (QED) is 0.724. The minimum Gasteiger partial charge on any atom is -0.338 e. The van der Waals surface area contributed by atoms with Gasteiger partial charge in [0.2, 0.25) is 0 Å². The van der Waals surface area contributed by atoms with Gasteiger partial charge in [-0.05, 0) is 24.3 Å². The summed E-state index contributed by atoms with van der Waals surface area (Å²) in [5.74, 6) is 0.496. The summed E-state index contributed by atoms with van der Waals surface area (Å²) < 4.78 is 0.976. The highest BCUT2D eigenvalue weighted by Crippen LogP contribution is 2.34. The molecular formula is C14H8Cl3N5O2. The van der Waals surface area contributed by atoms with E-state index in [1.54, 1.807) is 12.1 Å². The van der Waals surface area contributed by atoms with E-state index in [1.165, 1.54) is 18.3 Å². The van der Waals surface area contributed by atoms with Gasteiger partial charge in [-0.2, -0.15) is 9.78 Å². The molecule has 122 valence electrons. The largest absolute Gasteiger partial charge is 0.349 e. The Labute approximate surface area is 149 Å². The van der Waals surface area contributed by atoms with Gasteiger partial charge in [-0.1, -0.05) is 34.8 Å². The molecule has 2 N–H and O–H groups in total. The standard InChI is InChI=1S/C14H8Cl3N5O2/c15-7-1-2-11(18-5-7)20-13-9(16)3-8(4-10(13)17)22-14(24)21-12(23)6-19-22/h1-6H,(H,18,20)(H,21,23,24). The van der Waals surface area contributed by atoms with Gasteiger partial charge in [0.1, 0.15) is 12.0 Å². The van der Waals surface area contributed by atoms with Crippen LogP contribution in [0.5, 0.6) is 0 Å². The third kappa shape index (κ3) is 3.43. The van der Waals surface area contributed by atoms with Crippen molar-refractivity contribution in [2.24, 2.45) is 0 Å². The summed E-state index contributed by atoms with van der Waals surface area (Å²) in [6.45, 7) is 0. The molecule has 7 nitrogen and oxygen atoms in total. The van der Waals surface area contributed by atoms with Crippen molar-refractivity contribution in [1.29, 1.82) is 0 Å². The van der Waals surface area contributed by atoms with Gasteiger partial charge < -0.3 is 5.32 Å². The van der Waals surface area contributed by atoms with E-state index in [0.29, 0.717) is 22.2 Å². The number of nitrogens with one attached hydrogen (secondary N) is 2. The number of anilines is 2. The Bertz CT molecular complexity index is 991. The van der Waals surface area contributed by atoms with Crippen molar-refractivity contribution < 1.29 is 0 Å². The number of pyridine rings is 1. The van der Waals surface area contributed by atoms with E-state index in [2.05, 4.69) is 20.4 Å². The Kier molecular flexibility index (Phi) is 4.57. The molecular weight excluding hydrogens is 377 g/mol. The number of rotatable bonds is 3. The molecule has 0 unspecified atom stereocenters. The van der Waals surface area contributed by atoms with E-state index in [1.807, 2.05) is 0 Å². The van der Waals surface area contributed by atoms with Gasteiger partial charge in [0.25, 0.3) is 5.56 Å². The molecule has 3 aromatic rings. The van der Waals surface area contributed by atoms with Gasteiger partial charge >= 0.3 is 5.69 Å². The van der Waals surface area contributed by atoms with Crippen molar-refractivity contribution in [2.75, 3.05) is 5.32 Å². The van der Waals surface area contributed by atoms with E-state index < -0.39 is 11.2 Å². The molecule has 3 rings (SSSR count). The van der Waals surface area contributed by atoms with E-state index >= 15 is 0 Å². The summed E-state index contributed by atoms with van der Waals surface area (Å²) >= 11 is 18.3. The zero-order valence-electron chi connectivity index (χ0n) is 11.8. The minimum atomic E-state index is -0.699. The van der Waals surface area contributed by atoms with Crippen LogP contribution in [0.2, 0.25) is 15.1 Å². The normalized spacial score (nSPS) is 10.6. The summed E-state index contributed by atoms with van der Waals surface area (Å²) in [7, 11) is 0. The molecule has 0 saturated heterocycles. The summed E-state index contributed by atoms with van der Waals surface area (Å²) in [4.78, 5) is 29.1. The summed E-state index contributed by atoms with van der Waals surface area (Å²) in [6, 6.07) is 6.30. The predicted molar refractivity (Wildman–Crippen MR) is 93.0 cm³/mol. The van der Waals surface area contributed by atoms with Crippen LogP contribution >= 0.6 is 34.8 Å². The number of halogens is 3. The Morgan fingerprint density at radius 2 is 1.75 bits per heavy atom. The van der Waals surface area contributed by atoms with E-state index in [0.717, 1.165) is 10.9 Å². The van der Waals surface area contributed by atoms with Crippen LogP contribution in [0, 0.1) is 0 Å². The number of nitrogens with zero attached hydrogens (tertiary/aromatic N) is 3. The van der Waals surface area contributed by atoms with Crippen molar-refractivity contribution in [3.05, 3.63) is 72.6 Å². The third-order valence-corrected chi connectivity index (χ3v) is 3.78. The first-order valence-corrected chi connectivity index (χ1v) is 7.64. The molecule has 0 saturated carbocycles. The molecule has 2 aromatic heterocycles. The molecule has 0 aliphatic rings. The van der Waals surface area contributed by atoms with Gasteiger partial charge in [0.05, 0.1) is 26.4 Å². The van der Waals surface area contributed by atoms with Crippen molar-refractivity contribution in [3.8, 4) is 5.69 Å². The lowest BCUT2D eigenvalue weighted by Crippen LogP contribution is -2.30. The molecule has 0 radical (unpaired) electrons. The van der Waals surface area contributed by atoms with Gasteiger partial charge in [-0.15, -0.1) is 0 Å². The summed E-state index contributed by atoms with van der Waals surface area (Å²) in [5, 5.41) is 7.71. The van der Waals surface area contributed by atoms with E-state index in [9.17, 15) is 9.59 Å². The lowest BCUT2D eigenvalue weighted by atomic mass is 10.2. The van der Waals surface area contributed by atoms with E-state index in [4.69, 9.17) is 34.8 Å². The summed E-state index contributed by atoms with van der Waals surface area (Å²) in [5.41, 5.74) is -0.578. The third-order valence-electron chi connectivity index (χ3n) is 2.96. The van der Waals surface area contributed by atoms with Crippen LogP contribution in [-0.2, 0) is 0 Å². The molecule has 0 aliphatic carbocycles. The van der Waals surface area contributed by atoms with Gasteiger partial charge in [-0.3, -0.25) is 9.78 Å². The highest BCUT2D eigenvalue weighted by Gasteiger charge is 2.12. The topological polar surface area (TPSA) is 92.7 Å². The first kappa shape index (κ1) is 16.5. The highest BCUT2D eigenvalue weighted by molar-refractivity contribution is 6.39. The first-order valence-electron chi connectivity index (χ1n) is 6.51. The van der Waals surface area contributed by atoms with Crippen LogP contribution in [-0.4, -0.2) is 19.7 Å². The second kappa shape index (κ2) is 6.64. The Balaban J connectivity index is 2.01. The highest BCUT2D eigenvalue weighted by atomic mass is 35.5. The van der Waals surface area contributed by atoms with Crippen molar-refractivity contribution in [1.82, 2.24) is 19.7 Å². The fourth-order valence-electron chi connectivity index (χ4n) is 1.92. The maximum absolute atomic E-state index is 11.8. The molecule has 0 spiro atoms. The van der Waals surface area contributed by atoms with Crippen LogP contribution in [0.4, 0.5) is 11.5 Å². The van der Waals surface area contributed by atoms with Gasteiger partial charge in [0, 0.05) is 6.20 Å². The molecule has 0 bridgehead atoms. The minimum absolute atomic E-state index is 0.245. The fraction of sp³-hybridized carbons (Fsp3) is 0. The number of benzene rings is 1. The van der Waals surface area contributed by atoms with Crippen LogP contribution in [0.1, 0.15) is 0 Å². The second-order valence-corrected chi connectivity index (χ2v) is 5.87. The Morgan fingerprint density at radius 1 is 1.04 bits per heavy atom. The number of aromatic amines is 1. The maximum atomic E-state index is 11.8. The average molecular weight is 385 g/mol. The van der Waals surface area contributed by atoms with Crippen LogP contribution < -0.4 is 16.6 Å². The molecule has 10 heteroatoms. The second-order valence-electron chi connectivity index (χ2n) is 4.62. The molecule has 1 aromatic carbocycles. The van der Waals surface area contributed by atoms with Crippen LogP contribution in [0.3, 0.4) is 0 Å². The molecule has 2 heterocycles. The Hall–Kier alpha value is -2.35. The van der Waals surface area contributed by atoms with Crippen molar-refractivity contribution >= 4 is 46.3 Å². The van der Waals surface area contributed by atoms with Gasteiger partial charge in [0.15, 0.2) is 0 Å². The zero-order valence-corrected chi connectivity index (χ0v) is 14.0. The molecule has 0 amide bonds. The first-order chi connectivity index (χ1) is 11.4. The average Bonchev–Trinajstić information content (AvgIpc) is 2.52. The van der Waals surface area contributed by atoms with Crippen LogP contribution in [0.15, 0.2) is 46.2 Å². The lowest BCUT2D eigenvalue weighted by molar-refractivity contribution is 0.750. The molecule has 0 aliphatic heterocycles. The number of aromatic nitrogens is 4. The molecule has 24 heavy (non-hydrogen) atoms. The Morgan fingerprint density at radius 3 is 2.33 bits per heavy atom. The lowest BCUT2D eigenvalue weighted by Gasteiger charge is -2.12. The monoisotopic (exact) mass is 383 g/mol. The molecule has 0 fully saturated rings. The van der Waals surface area contributed by atoms with Crippen LogP contribution in [0.25, 0.3) is 5.69 Å². The predicted octanol–water partition coefficient (Wildman–Crippen LogP) is 3.02. The van der Waals surface area contributed by atoms with E-state index in [-0.39, 0.29) is 10.0 Å². The number of hydrogen-bond acceptors (Lipinski definition) is 5. The number of H-pyrrole nitrogens is 1. The van der Waals surface area contributed by atoms with Crippen molar-refractivity contribution in [2.45, 2.75) is 0 Å². The molecule has 0 atom stereocenters. The smallest absolute Gasteiger partial charge is 0.338 e. The van der Waals surface area contributed by atoms with Crippen molar-refractivity contribution in [3.63, 3.8) is 0 Å². The zero-order chi connectivity index (χ0) is 17.3.